The first-order valence-corrected chi connectivity index (χ1v) is 21.6. The van der Waals surface area contributed by atoms with Crippen LogP contribution in [-0.4, -0.2) is 61.5 Å². The molecule has 1 aromatic heterocycles. The zero-order chi connectivity index (χ0) is 38.7. The van der Waals surface area contributed by atoms with Gasteiger partial charge in [0.2, 0.25) is 11.8 Å². The number of aliphatic hydroxyl groups excluding tert-OH is 1. The van der Waals surface area contributed by atoms with Crippen molar-refractivity contribution in [3.8, 4) is 0 Å². The Balaban J connectivity index is 1.31. The predicted octanol–water partition coefficient (Wildman–Crippen LogP) is 6.88. The highest BCUT2D eigenvalue weighted by Gasteiger charge is 2.58. The van der Waals surface area contributed by atoms with Crippen LogP contribution in [0.1, 0.15) is 70.5 Å². The molecule has 1 aliphatic carbocycles. The highest BCUT2D eigenvalue weighted by Crippen LogP contribution is 2.51. The molecule has 0 unspecified atom stereocenters. The van der Waals surface area contributed by atoms with Crippen molar-refractivity contribution in [2.75, 3.05) is 13.2 Å². The second kappa shape index (κ2) is 16.4. The fourth-order valence-electron chi connectivity index (χ4n) is 9.33. The molecule has 2 N–H and O–H groups in total. The van der Waals surface area contributed by atoms with Crippen molar-refractivity contribution in [2.24, 2.45) is 17.8 Å². The third kappa shape index (κ3) is 7.63. The average Bonchev–Trinajstić information content (AvgIpc) is 3.75. The average molecular weight is 758 g/mol. The van der Waals surface area contributed by atoms with E-state index in [1.165, 1.54) is 4.90 Å². The van der Waals surface area contributed by atoms with Gasteiger partial charge in [0, 0.05) is 6.54 Å². The van der Waals surface area contributed by atoms with E-state index in [9.17, 15) is 19.7 Å². The molecule has 2 fully saturated rings. The lowest BCUT2D eigenvalue weighted by Crippen LogP contribution is -2.66. The van der Waals surface area contributed by atoms with Crippen LogP contribution in [0.25, 0.3) is 11.6 Å². The number of rotatable bonds is 13. The summed E-state index contributed by atoms with van der Waals surface area (Å²) in [5.74, 6) is -0.541. The molecule has 8 nitrogen and oxygen atoms in total. The summed E-state index contributed by atoms with van der Waals surface area (Å²) in [7, 11) is -4.05. The number of imide groups is 1. The van der Waals surface area contributed by atoms with Crippen molar-refractivity contribution in [1.29, 1.82) is 0 Å². The molecule has 3 aromatic carbocycles. The minimum Gasteiger partial charge on any atom is -0.459 e. The summed E-state index contributed by atoms with van der Waals surface area (Å²) >= 11 is 0. The number of amides is 2. The third-order valence-corrected chi connectivity index (χ3v) is 16.7. The van der Waals surface area contributed by atoms with Gasteiger partial charge in [-0.25, -0.2) is 0 Å². The normalized spacial score (nSPS) is 22.0. The van der Waals surface area contributed by atoms with Crippen LogP contribution in [0.5, 0.6) is 0 Å². The summed E-state index contributed by atoms with van der Waals surface area (Å²) in [5, 5.41) is 23.0. The minimum absolute atomic E-state index is 0.119. The van der Waals surface area contributed by atoms with Crippen LogP contribution in [0.2, 0.25) is 11.4 Å². The number of benzene rings is 3. The maximum Gasteiger partial charge on any atom is 0.455 e. The largest absolute Gasteiger partial charge is 0.459 e. The number of carbonyl (C=O) groups is 2. The fraction of sp³-hybridized carbons (Fsp3) is 0.378. The molecule has 3 aliphatic rings. The van der Waals surface area contributed by atoms with Gasteiger partial charge in [-0.3, -0.25) is 14.5 Å². The zero-order valence-corrected chi connectivity index (χ0v) is 33.3. The van der Waals surface area contributed by atoms with Crippen LogP contribution >= 0.6 is 0 Å². The maximum atomic E-state index is 14.1. The van der Waals surface area contributed by atoms with Crippen molar-refractivity contribution >= 4 is 49.3 Å². The quantitative estimate of drug-likeness (QED) is 0.0871. The molecule has 0 saturated carbocycles. The number of nitrogens with zero attached hydrogens (tertiary/aromatic N) is 1. The number of carbonyl (C=O) groups excluding carboxylic acids is 2. The Morgan fingerprint density at radius 3 is 2.13 bits per heavy atom. The standard InChI is InChI=1S/C45H52BNO7Si/c1-5-25-47-43(49)38-27-33(30-52-55(45(2,3)4,36-17-11-7-12-18-36)37-19-13-8-14-20-37)41-39(42(38)44(47)50)28-46(51)54-40(41)24-21-32(31-15-9-6-10-16-31)26-34-22-23-35(29-48)53-34/h6-20,22-23,26,38-40,42,48,51H,5,21,24-25,27-30H2,1-4H3/b32-26-/t38-,39+,40-,42-/m1/s1. The van der Waals surface area contributed by atoms with Gasteiger partial charge in [-0.1, -0.05) is 119 Å². The molecule has 10 heteroatoms. The van der Waals surface area contributed by atoms with Gasteiger partial charge in [0.05, 0.1) is 24.5 Å². The fourth-order valence-corrected chi connectivity index (χ4v) is 13.9. The van der Waals surface area contributed by atoms with Gasteiger partial charge < -0.3 is 23.6 Å². The molecule has 2 saturated heterocycles. The van der Waals surface area contributed by atoms with E-state index >= 15 is 0 Å². The molecular formula is C45H52BNO7Si. The molecule has 286 valence electrons. The van der Waals surface area contributed by atoms with Gasteiger partial charge in [0.15, 0.2) is 0 Å². The number of furan rings is 1. The number of aliphatic hydroxyl groups is 1. The van der Waals surface area contributed by atoms with Crippen molar-refractivity contribution < 1.29 is 33.2 Å². The summed E-state index contributed by atoms with van der Waals surface area (Å²) in [6.07, 6.45) is 3.93. The topological polar surface area (TPSA) is 109 Å². The van der Waals surface area contributed by atoms with E-state index in [2.05, 4.69) is 81.4 Å². The van der Waals surface area contributed by atoms with Crippen molar-refractivity contribution in [1.82, 2.24) is 4.90 Å². The molecule has 4 aromatic rings. The van der Waals surface area contributed by atoms with Crippen LogP contribution < -0.4 is 10.4 Å². The molecule has 3 heterocycles. The Hall–Kier alpha value is -4.32. The summed E-state index contributed by atoms with van der Waals surface area (Å²) in [5.41, 5.74) is 4.04. The minimum atomic E-state index is -2.96. The SMILES string of the molecule is CCCN1C(=O)[C@@H]2[C@@H](CC(CO[Si](c3ccccc3)(c3ccccc3)C(C)(C)C)=C3[C@@H](CC/C(=C/c4ccc(CO)o4)c4ccccc4)OB(O)C[C@@H]32)C1=O. The molecule has 2 aliphatic heterocycles. The Morgan fingerprint density at radius 2 is 1.55 bits per heavy atom. The zero-order valence-electron chi connectivity index (χ0n) is 32.3. The van der Waals surface area contributed by atoms with Crippen LogP contribution in [0.4, 0.5) is 0 Å². The highest BCUT2D eigenvalue weighted by atomic mass is 28.4. The molecule has 4 atom stereocenters. The van der Waals surface area contributed by atoms with E-state index in [0.29, 0.717) is 43.7 Å². The van der Waals surface area contributed by atoms with E-state index < -0.39 is 33.4 Å². The number of hydrogen-bond donors (Lipinski definition) is 2. The Morgan fingerprint density at radius 1 is 0.909 bits per heavy atom. The molecule has 2 amide bonds. The van der Waals surface area contributed by atoms with Crippen LogP contribution in [0.15, 0.2) is 119 Å². The second-order valence-corrected chi connectivity index (χ2v) is 20.4. The molecule has 55 heavy (non-hydrogen) atoms. The maximum absolute atomic E-state index is 14.1. The van der Waals surface area contributed by atoms with E-state index in [1.54, 1.807) is 6.07 Å². The van der Waals surface area contributed by atoms with E-state index in [0.717, 1.165) is 32.7 Å². The van der Waals surface area contributed by atoms with Gasteiger partial charge in [-0.05, 0) is 93.8 Å². The van der Waals surface area contributed by atoms with Crippen LogP contribution in [-0.2, 0) is 25.3 Å². The smallest absolute Gasteiger partial charge is 0.455 e. The monoisotopic (exact) mass is 757 g/mol. The molecule has 7 rings (SSSR count). The molecule has 0 radical (unpaired) electrons. The summed E-state index contributed by atoms with van der Waals surface area (Å²) in [4.78, 5) is 29.6. The predicted molar refractivity (Wildman–Crippen MR) is 219 cm³/mol. The Bertz CT molecular complexity index is 1980. The van der Waals surface area contributed by atoms with Crippen LogP contribution in [0.3, 0.4) is 0 Å². The van der Waals surface area contributed by atoms with Crippen molar-refractivity contribution in [3.63, 3.8) is 0 Å². The summed E-state index contributed by atoms with van der Waals surface area (Å²) < 4.78 is 19.8. The summed E-state index contributed by atoms with van der Waals surface area (Å²) in [6.45, 7) is 9.22. The van der Waals surface area contributed by atoms with Crippen LogP contribution in [0, 0.1) is 17.8 Å². The number of likely N-dealkylation sites (tertiary alicyclic amines) is 1. The molecule has 0 spiro atoms. The van der Waals surface area contributed by atoms with Gasteiger partial charge >= 0.3 is 7.12 Å². The highest BCUT2D eigenvalue weighted by molar-refractivity contribution is 6.99. The Labute approximate surface area is 326 Å². The second-order valence-electron chi connectivity index (χ2n) is 16.1. The van der Waals surface area contributed by atoms with E-state index in [-0.39, 0.29) is 42.3 Å². The lowest BCUT2D eigenvalue weighted by atomic mass is 9.58. The Kier molecular flexibility index (Phi) is 11.6. The lowest BCUT2D eigenvalue weighted by Gasteiger charge is -2.46. The van der Waals surface area contributed by atoms with E-state index in [1.807, 2.05) is 49.4 Å². The lowest BCUT2D eigenvalue weighted by molar-refractivity contribution is -0.140. The summed E-state index contributed by atoms with van der Waals surface area (Å²) in [6, 6.07) is 34.7. The van der Waals surface area contributed by atoms with E-state index in [4.69, 9.17) is 13.5 Å². The third-order valence-electron chi connectivity index (χ3n) is 11.7. The first-order chi connectivity index (χ1) is 26.6. The van der Waals surface area contributed by atoms with Gasteiger partial charge in [0.25, 0.3) is 8.32 Å². The number of allylic oxidation sites excluding steroid dienone is 1. The molecular weight excluding hydrogens is 705 g/mol. The molecule has 0 bridgehead atoms. The van der Waals surface area contributed by atoms with Gasteiger partial charge in [-0.2, -0.15) is 0 Å². The number of fused-ring (bicyclic) bond motifs is 3. The first kappa shape index (κ1) is 38.9. The first-order valence-electron chi connectivity index (χ1n) is 19.7. The van der Waals surface area contributed by atoms with Crippen molar-refractivity contribution in [2.45, 2.75) is 77.4 Å². The van der Waals surface area contributed by atoms with Crippen molar-refractivity contribution in [3.05, 3.63) is 131 Å². The number of hydrogen-bond acceptors (Lipinski definition) is 7. The van der Waals surface area contributed by atoms with Gasteiger partial charge in [-0.15, -0.1) is 0 Å². The van der Waals surface area contributed by atoms with Gasteiger partial charge in [0.1, 0.15) is 18.1 Å².